The van der Waals surface area contributed by atoms with E-state index < -0.39 is 46.2 Å². The zero-order valence-electron chi connectivity index (χ0n) is 15.1. The molecule has 1 aliphatic rings. The molecule has 0 radical (unpaired) electrons. The van der Waals surface area contributed by atoms with Crippen molar-refractivity contribution in [2.45, 2.75) is 0 Å². The van der Waals surface area contributed by atoms with Crippen molar-refractivity contribution in [3.05, 3.63) is 47.6 Å². The largest absolute Gasteiger partial charge is 0.466 e. The fourth-order valence-corrected chi connectivity index (χ4v) is 2.39. The van der Waals surface area contributed by atoms with Gasteiger partial charge in [-0.1, -0.05) is 18.2 Å². The number of ether oxygens (including phenoxy) is 4. The van der Waals surface area contributed by atoms with E-state index in [1.165, 1.54) is 18.2 Å². The van der Waals surface area contributed by atoms with Crippen LogP contribution in [0, 0.1) is 5.41 Å². The number of carbonyl (C=O) groups excluding carboxylic acids is 5. The van der Waals surface area contributed by atoms with Crippen LogP contribution in [-0.4, -0.2) is 58.1 Å². The van der Waals surface area contributed by atoms with Crippen molar-refractivity contribution < 1.29 is 42.9 Å². The fraction of sp³-hybridized carbons (Fsp3) is 0.278. The smallest absolute Gasteiger partial charge is 0.335 e. The Morgan fingerprint density at radius 2 is 1.22 bits per heavy atom. The highest BCUT2D eigenvalue weighted by Gasteiger charge is 2.50. The highest BCUT2D eigenvalue weighted by molar-refractivity contribution is 6.17. The number of esters is 4. The van der Waals surface area contributed by atoms with E-state index in [1.54, 1.807) is 0 Å². The van der Waals surface area contributed by atoms with Crippen LogP contribution < -0.4 is 0 Å². The second kappa shape index (κ2) is 9.27. The Bertz CT molecular complexity index is 735. The molecular weight excluding hydrogens is 360 g/mol. The third-order valence-electron chi connectivity index (χ3n) is 3.68. The van der Waals surface area contributed by atoms with Gasteiger partial charge < -0.3 is 18.9 Å². The van der Waals surface area contributed by atoms with Gasteiger partial charge in [-0.25, -0.2) is 19.2 Å². The maximum Gasteiger partial charge on any atom is 0.335 e. The lowest BCUT2D eigenvalue weighted by atomic mass is 9.68. The molecule has 0 spiro atoms. The zero-order valence-corrected chi connectivity index (χ0v) is 15.1. The van der Waals surface area contributed by atoms with Crippen molar-refractivity contribution in [2.24, 2.45) is 5.41 Å². The Hall–Kier alpha value is -3.49. The first-order chi connectivity index (χ1) is 12.8. The molecule has 144 valence electrons. The predicted molar refractivity (Wildman–Crippen MR) is 90.0 cm³/mol. The standard InChI is InChI=1S/C18H18O9/c1-24-14(20)9-11(16(22)26-3)18(8-6-5-7-13(18)19)12(17(23)27-4)10-15(21)25-2/h5-10H,1-4H3/b11-9+,12-10+. The van der Waals surface area contributed by atoms with E-state index in [0.717, 1.165) is 34.5 Å². The van der Waals surface area contributed by atoms with E-state index in [-0.39, 0.29) is 0 Å². The number of methoxy groups -OCH3 is 4. The van der Waals surface area contributed by atoms with Crippen LogP contribution in [-0.2, 0) is 42.9 Å². The maximum absolute atomic E-state index is 12.8. The van der Waals surface area contributed by atoms with Crippen LogP contribution in [0.25, 0.3) is 0 Å². The topological polar surface area (TPSA) is 122 Å². The van der Waals surface area contributed by atoms with Gasteiger partial charge in [-0.3, -0.25) is 4.79 Å². The summed E-state index contributed by atoms with van der Waals surface area (Å²) in [5.74, 6) is -4.92. The molecule has 0 saturated carbocycles. The SMILES string of the molecule is COC(=O)/C=C(\C(=O)OC)C1(/C(=C/C(=O)OC)C(=O)OC)C=CC=CC1=O. The molecular formula is C18H18O9. The summed E-state index contributed by atoms with van der Waals surface area (Å²) in [7, 11) is 4.17. The summed E-state index contributed by atoms with van der Waals surface area (Å²) in [6.07, 6.45) is 6.39. The van der Waals surface area contributed by atoms with E-state index in [1.807, 2.05) is 0 Å². The van der Waals surface area contributed by atoms with Crippen molar-refractivity contribution in [2.75, 3.05) is 28.4 Å². The quantitative estimate of drug-likeness (QED) is 0.363. The van der Waals surface area contributed by atoms with Gasteiger partial charge in [0.1, 0.15) is 5.41 Å². The highest BCUT2D eigenvalue weighted by atomic mass is 16.5. The number of hydrogen-bond donors (Lipinski definition) is 0. The Morgan fingerprint density at radius 1 is 0.778 bits per heavy atom. The predicted octanol–water partition coefficient (Wildman–Crippen LogP) is 0.213. The number of ketones is 1. The summed E-state index contributed by atoms with van der Waals surface area (Å²) in [6.45, 7) is 0. The summed E-state index contributed by atoms with van der Waals surface area (Å²) in [5.41, 5.74) is -3.23. The van der Waals surface area contributed by atoms with Gasteiger partial charge in [0.15, 0.2) is 5.78 Å². The van der Waals surface area contributed by atoms with Gasteiger partial charge in [0.05, 0.1) is 39.6 Å². The van der Waals surface area contributed by atoms with Crippen LogP contribution >= 0.6 is 0 Å². The summed E-state index contributed by atoms with van der Waals surface area (Å²) in [4.78, 5) is 61.2. The maximum atomic E-state index is 12.8. The Labute approximate surface area is 154 Å². The summed E-state index contributed by atoms with van der Waals surface area (Å²) in [6, 6.07) is 0. The average Bonchev–Trinajstić information content (AvgIpc) is 2.69. The van der Waals surface area contributed by atoms with Gasteiger partial charge >= 0.3 is 23.9 Å². The molecule has 27 heavy (non-hydrogen) atoms. The van der Waals surface area contributed by atoms with Crippen molar-refractivity contribution >= 4 is 29.7 Å². The minimum Gasteiger partial charge on any atom is -0.466 e. The highest BCUT2D eigenvalue weighted by Crippen LogP contribution is 2.42. The first-order valence-electron chi connectivity index (χ1n) is 7.45. The Balaban J connectivity index is 3.93. The van der Waals surface area contributed by atoms with Crippen LogP contribution in [0.5, 0.6) is 0 Å². The van der Waals surface area contributed by atoms with Gasteiger partial charge in [-0.2, -0.15) is 0 Å². The normalized spacial score (nSPS) is 19.3. The summed E-state index contributed by atoms with van der Waals surface area (Å²) < 4.78 is 18.3. The van der Waals surface area contributed by atoms with Crippen LogP contribution in [0.4, 0.5) is 0 Å². The number of allylic oxidation sites excluding steroid dienone is 4. The fourth-order valence-electron chi connectivity index (χ4n) is 2.39. The second-order valence-corrected chi connectivity index (χ2v) is 5.04. The molecule has 0 N–H and O–H groups in total. The first kappa shape index (κ1) is 21.6. The molecule has 0 fully saturated rings. The molecule has 0 atom stereocenters. The summed E-state index contributed by atoms with van der Waals surface area (Å²) >= 11 is 0. The third kappa shape index (κ3) is 4.38. The van der Waals surface area contributed by atoms with Crippen LogP contribution in [0.2, 0.25) is 0 Å². The van der Waals surface area contributed by atoms with E-state index in [0.29, 0.717) is 12.2 Å². The molecule has 0 aromatic rings. The second-order valence-electron chi connectivity index (χ2n) is 5.04. The lowest BCUT2D eigenvalue weighted by molar-refractivity contribution is -0.142. The van der Waals surface area contributed by atoms with Gasteiger partial charge in [-0.15, -0.1) is 0 Å². The minimum absolute atomic E-state index is 0.539. The molecule has 1 rings (SSSR count). The summed E-state index contributed by atoms with van der Waals surface area (Å²) in [5, 5.41) is 0. The number of hydrogen-bond acceptors (Lipinski definition) is 9. The Kier molecular flexibility index (Phi) is 7.40. The zero-order chi connectivity index (χ0) is 20.6. The molecule has 0 bridgehead atoms. The third-order valence-corrected chi connectivity index (χ3v) is 3.68. The molecule has 0 aliphatic heterocycles. The lowest BCUT2D eigenvalue weighted by Gasteiger charge is -2.32. The molecule has 9 nitrogen and oxygen atoms in total. The molecule has 0 aromatic carbocycles. The molecule has 0 unspecified atom stereocenters. The average molecular weight is 378 g/mol. The van der Waals surface area contributed by atoms with E-state index in [4.69, 9.17) is 0 Å². The number of carbonyl (C=O) groups is 5. The van der Waals surface area contributed by atoms with Gasteiger partial charge in [0.25, 0.3) is 0 Å². The van der Waals surface area contributed by atoms with Gasteiger partial charge in [-0.05, 0) is 6.08 Å². The first-order valence-corrected chi connectivity index (χ1v) is 7.45. The Morgan fingerprint density at radius 3 is 1.56 bits per heavy atom. The molecule has 1 aliphatic carbocycles. The number of rotatable bonds is 6. The van der Waals surface area contributed by atoms with Crippen LogP contribution in [0.1, 0.15) is 0 Å². The molecule has 0 saturated heterocycles. The molecule has 0 amide bonds. The van der Waals surface area contributed by atoms with Crippen molar-refractivity contribution in [1.82, 2.24) is 0 Å². The van der Waals surface area contributed by atoms with Crippen LogP contribution in [0.3, 0.4) is 0 Å². The molecule has 0 aromatic heterocycles. The van der Waals surface area contributed by atoms with E-state index in [2.05, 4.69) is 18.9 Å². The van der Waals surface area contributed by atoms with Gasteiger partial charge in [0, 0.05) is 12.2 Å². The monoisotopic (exact) mass is 378 g/mol. The van der Waals surface area contributed by atoms with Gasteiger partial charge in [0.2, 0.25) is 0 Å². The molecule has 9 heteroatoms. The van der Waals surface area contributed by atoms with E-state index >= 15 is 0 Å². The van der Waals surface area contributed by atoms with E-state index in [9.17, 15) is 24.0 Å². The minimum atomic E-state index is -2.16. The molecule has 0 heterocycles. The van der Waals surface area contributed by atoms with Crippen molar-refractivity contribution in [3.63, 3.8) is 0 Å². The van der Waals surface area contributed by atoms with Crippen LogP contribution in [0.15, 0.2) is 47.6 Å². The van der Waals surface area contributed by atoms with Crippen molar-refractivity contribution in [1.29, 1.82) is 0 Å². The lowest BCUT2D eigenvalue weighted by Crippen LogP contribution is -2.41. The van der Waals surface area contributed by atoms with Crippen molar-refractivity contribution in [3.8, 4) is 0 Å².